The number of hydrogen-bond donors (Lipinski definition) is 1. The lowest BCUT2D eigenvalue weighted by atomic mass is 10.2. The Bertz CT molecular complexity index is 522. The van der Waals surface area contributed by atoms with Crippen LogP contribution in [-0.4, -0.2) is 44.0 Å². The first-order chi connectivity index (χ1) is 9.46. The van der Waals surface area contributed by atoms with Gasteiger partial charge in [-0.1, -0.05) is 13.8 Å². The van der Waals surface area contributed by atoms with Gasteiger partial charge in [-0.05, 0) is 19.0 Å². The summed E-state index contributed by atoms with van der Waals surface area (Å²) >= 11 is 0. The fraction of sp³-hybridized carbons (Fsp3) is 0.714. The molecule has 0 saturated carbocycles. The van der Waals surface area contributed by atoms with Crippen LogP contribution in [0.5, 0.6) is 0 Å². The second-order valence-electron chi connectivity index (χ2n) is 5.69. The Morgan fingerprint density at radius 2 is 2.15 bits per heavy atom. The first-order valence-electron chi connectivity index (χ1n) is 7.18. The van der Waals surface area contributed by atoms with E-state index in [4.69, 9.17) is 4.42 Å². The summed E-state index contributed by atoms with van der Waals surface area (Å²) in [7, 11) is -2.85. The second kappa shape index (κ2) is 6.74. The number of furan rings is 1. The van der Waals surface area contributed by atoms with Crippen molar-refractivity contribution in [3.8, 4) is 0 Å². The molecule has 0 spiro atoms. The van der Waals surface area contributed by atoms with Gasteiger partial charge in [0.25, 0.3) is 0 Å². The summed E-state index contributed by atoms with van der Waals surface area (Å²) in [6, 6.07) is 2.42. The van der Waals surface area contributed by atoms with Gasteiger partial charge in [0.15, 0.2) is 9.84 Å². The molecule has 0 aliphatic carbocycles. The SMILES string of the molecule is CC(C)NCc1ccoc1CN1CCCS(=O)(=O)CC1. The highest BCUT2D eigenvalue weighted by molar-refractivity contribution is 7.91. The highest BCUT2D eigenvalue weighted by Gasteiger charge is 2.20. The number of rotatable bonds is 5. The maximum atomic E-state index is 11.6. The molecule has 0 atom stereocenters. The predicted molar refractivity (Wildman–Crippen MR) is 79.2 cm³/mol. The molecular formula is C14H24N2O3S. The standard InChI is InChI=1S/C14H24N2O3S/c1-12(2)15-10-13-4-7-19-14(13)11-16-5-3-8-20(17,18)9-6-16/h4,7,12,15H,3,5-6,8-11H2,1-2H3. The molecule has 0 aromatic carbocycles. The number of nitrogens with one attached hydrogen (secondary N) is 1. The van der Waals surface area contributed by atoms with Crippen LogP contribution < -0.4 is 5.32 Å². The first-order valence-corrected chi connectivity index (χ1v) is 9.00. The monoisotopic (exact) mass is 300 g/mol. The van der Waals surface area contributed by atoms with Crippen molar-refractivity contribution in [3.63, 3.8) is 0 Å². The van der Waals surface area contributed by atoms with Crippen molar-refractivity contribution >= 4 is 9.84 Å². The zero-order valence-electron chi connectivity index (χ0n) is 12.3. The molecule has 0 unspecified atom stereocenters. The van der Waals surface area contributed by atoms with Crippen molar-refractivity contribution in [2.45, 2.75) is 39.4 Å². The van der Waals surface area contributed by atoms with E-state index < -0.39 is 9.84 Å². The molecule has 1 aromatic heterocycles. The van der Waals surface area contributed by atoms with E-state index in [2.05, 4.69) is 24.1 Å². The van der Waals surface area contributed by atoms with Crippen LogP contribution in [-0.2, 0) is 22.9 Å². The summed E-state index contributed by atoms with van der Waals surface area (Å²) < 4.78 is 28.8. The molecule has 2 heterocycles. The van der Waals surface area contributed by atoms with Gasteiger partial charge in [0.2, 0.25) is 0 Å². The van der Waals surface area contributed by atoms with Crippen molar-refractivity contribution in [1.82, 2.24) is 10.2 Å². The van der Waals surface area contributed by atoms with Crippen molar-refractivity contribution in [2.24, 2.45) is 0 Å². The van der Waals surface area contributed by atoms with Crippen LogP contribution >= 0.6 is 0 Å². The van der Waals surface area contributed by atoms with Gasteiger partial charge in [-0.2, -0.15) is 0 Å². The largest absolute Gasteiger partial charge is 0.468 e. The molecule has 2 rings (SSSR count). The lowest BCUT2D eigenvalue weighted by molar-refractivity contribution is 0.260. The highest BCUT2D eigenvalue weighted by atomic mass is 32.2. The summed E-state index contributed by atoms with van der Waals surface area (Å²) in [4.78, 5) is 2.17. The smallest absolute Gasteiger partial charge is 0.151 e. The summed E-state index contributed by atoms with van der Waals surface area (Å²) in [5.74, 6) is 1.51. The van der Waals surface area contributed by atoms with Crippen molar-refractivity contribution in [3.05, 3.63) is 23.7 Å². The average Bonchev–Trinajstić information content (AvgIpc) is 2.72. The number of hydrogen-bond acceptors (Lipinski definition) is 5. The Hall–Kier alpha value is -0.850. The maximum absolute atomic E-state index is 11.6. The molecule has 1 saturated heterocycles. The summed E-state index contributed by atoms with van der Waals surface area (Å²) in [5.41, 5.74) is 1.16. The molecule has 114 valence electrons. The number of nitrogens with zero attached hydrogens (tertiary/aromatic N) is 1. The molecule has 0 radical (unpaired) electrons. The van der Waals surface area contributed by atoms with Gasteiger partial charge in [-0.25, -0.2) is 8.42 Å². The second-order valence-corrected chi connectivity index (χ2v) is 7.99. The summed E-state index contributed by atoms with van der Waals surface area (Å²) in [6.45, 7) is 7.11. The van der Waals surface area contributed by atoms with Crippen LogP contribution in [0.15, 0.2) is 16.7 Å². The lowest BCUT2D eigenvalue weighted by Gasteiger charge is -2.18. The highest BCUT2D eigenvalue weighted by Crippen LogP contribution is 2.15. The van der Waals surface area contributed by atoms with E-state index in [9.17, 15) is 8.42 Å². The third-order valence-electron chi connectivity index (χ3n) is 3.55. The fourth-order valence-electron chi connectivity index (χ4n) is 2.33. The fourth-order valence-corrected chi connectivity index (χ4v) is 3.64. The summed E-state index contributed by atoms with van der Waals surface area (Å²) in [6.07, 6.45) is 2.42. The Labute approximate surface area is 121 Å². The minimum atomic E-state index is -2.85. The van der Waals surface area contributed by atoms with Crippen molar-refractivity contribution in [2.75, 3.05) is 24.6 Å². The zero-order valence-corrected chi connectivity index (χ0v) is 13.1. The van der Waals surface area contributed by atoms with E-state index in [1.807, 2.05) is 6.07 Å². The predicted octanol–water partition coefficient (Wildman–Crippen LogP) is 1.40. The van der Waals surface area contributed by atoms with Gasteiger partial charge in [0.1, 0.15) is 5.76 Å². The molecule has 5 nitrogen and oxygen atoms in total. The quantitative estimate of drug-likeness (QED) is 0.890. The molecule has 1 aromatic rings. The van der Waals surface area contributed by atoms with Crippen LogP contribution in [0.3, 0.4) is 0 Å². The van der Waals surface area contributed by atoms with E-state index in [-0.39, 0.29) is 5.75 Å². The van der Waals surface area contributed by atoms with E-state index in [1.54, 1.807) is 6.26 Å². The average molecular weight is 300 g/mol. The Morgan fingerprint density at radius 1 is 1.35 bits per heavy atom. The lowest BCUT2D eigenvalue weighted by Crippen LogP contribution is -2.27. The Morgan fingerprint density at radius 3 is 2.90 bits per heavy atom. The minimum Gasteiger partial charge on any atom is -0.468 e. The summed E-state index contributed by atoms with van der Waals surface area (Å²) in [5, 5.41) is 3.38. The van der Waals surface area contributed by atoms with Crippen molar-refractivity contribution < 1.29 is 12.8 Å². The molecule has 1 aliphatic rings. The molecule has 1 fully saturated rings. The topological polar surface area (TPSA) is 62.6 Å². The molecular weight excluding hydrogens is 276 g/mol. The van der Waals surface area contributed by atoms with E-state index in [1.165, 1.54) is 0 Å². The maximum Gasteiger partial charge on any atom is 0.151 e. The van der Waals surface area contributed by atoms with E-state index in [0.29, 0.717) is 31.3 Å². The molecule has 20 heavy (non-hydrogen) atoms. The molecule has 0 bridgehead atoms. The molecule has 0 amide bonds. The minimum absolute atomic E-state index is 0.257. The van der Waals surface area contributed by atoms with Gasteiger partial charge in [0, 0.05) is 24.7 Å². The van der Waals surface area contributed by atoms with Gasteiger partial charge < -0.3 is 9.73 Å². The molecule has 6 heteroatoms. The van der Waals surface area contributed by atoms with Gasteiger partial charge in [-0.3, -0.25) is 4.90 Å². The zero-order chi connectivity index (χ0) is 14.6. The van der Waals surface area contributed by atoms with Gasteiger partial charge in [0.05, 0.1) is 24.3 Å². The van der Waals surface area contributed by atoms with Gasteiger partial charge in [-0.15, -0.1) is 0 Å². The first kappa shape index (κ1) is 15.5. The molecule has 1 aliphatic heterocycles. The van der Waals surface area contributed by atoms with Crippen LogP contribution in [0.2, 0.25) is 0 Å². The van der Waals surface area contributed by atoms with E-state index in [0.717, 1.165) is 24.4 Å². The Balaban J connectivity index is 1.94. The van der Waals surface area contributed by atoms with Crippen LogP contribution in [0.25, 0.3) is 0 Å². The van der Waals surface area contributed by atoms with E-state index >= 15 is 0 Å². The van der Waals surface area contributed by atoms with Crippen LogP contribution in [0.1, 0.15) is 31.6 Å². The Kier molecular flexibility index (Phi) is 5.23. The normalized spacial score (nSPS) is 20.1. The number of sulfone groups is 1. The third kappa shape index (κ3) is 4.61. The van der Waals surface area contributed by atoms with Crippen LogP contribution in [0, 0.1) is 0 Å². The van der Waals surface area contributed by atoms with Gasteiger partial charge >= 0.3 is 0 Å². The van der Waals surface area contributed by atoms with Crippen molar-refractivity contribution in [1.29, 1.82) is 0 Å². The van der Waals surface area contributed by atoms with Crippen LogP contribution in [0.4, 0.5) is 0 Å². The molecule has 1 N–H and O–H groups in total. The third-order valence-corrected chi connectivity index (χ3v) is 5.27.